The standard InChI is InChI=1S/C17H13BrN4O5S2/c1-28-5-4-20-14-3-2-11(18)8-15(14)29-17(20)19-16(23)10-6-12(21(24)25)9-13(7-10)22(26)27/h2-3,6-9H,4-5H2,1H3. The molecule has 3 aromatic rings. The van der Waals surface area contributed by atoms with E-state index in [1.807, 2.05) is 29.0 Å². The van der Waals surface area contributed by atoms with Gasteiger partial charge in [-0.25, -0.2) is 0 Å². The molecule has 9 nitrogen and oxygen atoms in total. The van der Waals surface area contributed by atoms with Crippen LogP contribution in [0.1, 0.15) is 10.4 Å². The van der Waals surface area contributed by atoms with E-state index in [-0.39, 0.29) is 5.56 Å². The van der Waals surface area contributed by atoms with Crippen molar-refractivity contribution in [3.63, 3.8) is 0 Å². The lowest BCUT2D eigenvalue weighted by Crippen LogP contribution is -2.18. The van der Waals surface area contributed by atoms with Crippen LogP contribution in [0.4, 0.5) is 11.4 Å². The molecule has 3 rings (SSSR count). The number of hydrogen-bond acceptors (Lipinski definition) is 7. The number of benzene rings is 2. The molecule has 0 saturated heterocycles. The summed E-state index contributed by atoms with van der Waals surface area (Å²) in [4.78, 5) is 37.8. The monoisotopic (exact) mass is 496 g/mol. The van der Waals surface area contributed by atoms with E-state index < -0.39 is 27.1 Å². The van der Waals surface area contributed by atoms with Gasteiger partial charge < -0.3 is 4.57 Å². The third-order valence-electron chi connectivity index (χ3n) is 3.93. The molecule has 150 valence electrons. The zero-order valence-corrected chi connectivity index (χ0v) is 18.1. The smallest absolute Gasteiger partial charge is 0.280 e. The van der Waals surface area contributed by atoms with Crippen molar-refractivity contribution >= 4 is 66.5 Å². The molecule has 2 aromatic carbocycles. The molecule has 0 spiro atoms. The summed E-state index contributed by atoms with van der Waals surface area (Å²) in [5.41, 5.74) is -0.369. The van der Waals surface area contributed by atoms with E-state index in [0.717, 1.165) is 38.6 Å². The van der Waals surface area contributed by atoms with Crippen LogP contribution in [0.25, 0.3) is 10.2 Å². The molecular formula is C17H13BrN4O5S2. The van der Waals surface area contributed by atoms with E-state index in [9.17, 15) is 25.0 Å². The number of aromatic nitrogens is 1. The Morgan fingerprint density at radius 1 is 1.17 bits per heavy atom. The lowest BCUT2D eigenvalue weighted by atomic mass is 10.1. The summed E-state index contributed by atoms with van der Waals surface area (Å²) in [5.74, 6) is 0.0197. The van der Waals surface area contributed by atoms with Crippen LogP contribution in [0.15, 0.2) is 45.9 Å². The Morgan fingerprint density at radius 3 is 2.41 bits per heavy atom. The first-order chi connectivity index (χ1) is 13.8. The fourth-order valence-corrected chi connectivity index (χ4v) is 4.58. The number of carbonyl (C=O) groups is 1. The van der Waals surface area contributed by atoms with E-state index in [1.54, 1.807) is 11.8 Å². The summed E-state index contributed by atoms with van der Waals surface area (Å²) < 4.78 is 3.69. The third kappa shape index (κ3) is 4.71. The Hall–Kier alpha value is -2.57. The molecular weight excluding hydrogens is 484 g/mol. The van der Waals surface area contributed by atoms with Gasteiger partial charge in [0, 0.05) is 28.9 Å². The fraction of sp³-hybridized carbons (Fsp3) is 0.176. The number of fused-ring (bicyclic) bond motifs is 1. The summed E-state index contributed by atoms with van der Waals surface area (Å²) in [7, 11) is 0. The number of nitrogens with zero attached hydrogens (tertiary/aromatic N) is 4. The van der Waals surface area contributed by atoms with Gasteiger partial charge in [-0.05, 0) is 24.5 Å². The minimum atomic E-state index is -0.778. The van der Waals surface area contributed by atoms with Crippen LogP contribution in [0.3, 0.4) is 0 Å². The second kappa shape index (κ2) is 8.84. The van der Waals surface area contributed by atoms with Crippen molar-refractivity contribution in [2.45, 2.75) is 6.54 Å². The molecule has 0 saturated carbocycles. The van der Waals surface area contributed by atoms with Gasteiger partial charge >= 0.3 is 0 Å². The van der Waals surface area contributed by atoms with Crippen LogP contribution in [0.2, 0.25) is 0 Å². The fourth-order valence-electron chi connectivity index (χ4n) is 2.61. The number of hydrogen-bond donors (Lipinski definition) is 0. The first-order valence-electron chi connectivity index (χ1n) is 8.11. The van der Waals surface area contributed by atoms with Crippen LogP contribution in [-0.2, 0) is 6.54 Å². The Balaban J connectivity index is 2.14. The van der Waals surface area contributed by atoms with Crippen molar-refractivity contribution in [2.75, 3.05) is 12.0 Å². The zero-order chi connectivity index (χ0) is 21.1. The Bertz CT molecular complexity index is 1170. The second-order valence-corrected chi connectivity index (χ2v) is 8.72. The first kappa shape index (κ1) is 21.1. The lowest BCUT2D eigenvalue weighted by molar-refractivity contribution is -0.394. The van der Waals surface area contributed by atoms with E-state index >= 15 is 0 Å². The van der Waals surface area contributed by atoms with Gasteiger partial charge in [-0.3, -0.25) is 25.0 Å². The number of nitro benzene ring substituents is 2. The van der Waals surface area contributed by atoms with Gasteiger partial charge in [0.15, 0.2) is 4.80 Å². The summed E-state index contributed by atoms with van der Waals surface area (Å²) in [6.45, 7) is 0.615. The van der Waals surface area contributed by atoms with Gasteiger partial charge in [-0.15, -0.1) is 0 Å². The summed E-state index contributed by atoms with van der Waals surface area (Å²) in [5, 5.41) is 22.1. The molecule has 0 radical (unpaired) electrons. The van der Waals surface area contributed by atoms with Gasteiger partial charge in [-0.1, -0.05) is 27.3 Å². The van der Waals surface area contributed by atoms with E-state index in [0.29, 0.717) is 11.3 Å². The van der Waals surface area contributed by atoms with Crippen molar-refractivity contribution in [3.8, 4) is 0 Å². The van der Waals surface area contributed by atoms with Crippen molar-refractivity contribution in [1.82, 2.24) is 4.57 Å². The highest BCUT2D eigenvalue weighted by Gasteiger charge is 2.20. The number of thiazole rings is 1. The first-order valence-corrected chi connectivity index (χ1v) is 11.1. The number of halogens is 1. The second-order valence-electron chi connectivity index (χ2n) is 5.81. The summed E-state index contributed by atoms with van der Waals surface area (Å²) >= 11 is 6.36. The molecule has 1 heterocycles. The molecule has 0 aliphatic carbocycles. The van der Waals surface area contributed by atoms with Crippen LogP contribution in [-0.4, -0.2) is 32.3 Å². The molecule has 0 unspecified atom stereocenters. The highest BCUT2D eigenvalue weighted by Crippen LogP contribution is 2.24. The maximum Gasteiger partial charge on any atom is 0.280 e. The summed E-state index contributed by atoms with van der Waals surface area (Å²) in [6.07, 6.45) is 1.97. The van der Waals surface area contributed by atoms with Gasteiger partial charge in [-0.2, -0.15) is 16.8 Å². The van der Waals surface area contributed by atoms with Crippen molar-refractivity contribution in [3.05, 3.63) is 71.5 Å². The van der Waals surface area contributed by atoms with E-state index in [1.165, 1.54) is 11.3 Å². The molecule has 29 heavy (non-hydrogen) atoms. The molecule has 1 aromatic heterocycles. The molecule has 0 atom stereocenters. The predicted molar refractivity (Wildman–Crippen MR) is 116 cm³/mol. The van der Waals surface area contributed by atoms with Gasteiger partial charge in [0.2, 0.25) is 0 Å². The van der Waals surface area contributed by atoms with Crippen LogP contribution >= 0.6 is 39.0 Å². The van der Waals surface area contributed by atoms with E-state index in [2.05, 4.69) is 20.9 Å². The molecule has 1 amide bonds. The molecule has 0 bridgehead atoms. The highest BCUT2D eigenvalue weighted by molar-refractivity contribution is 9.10. The molecule has 12 heteroatoms. The predicted octanol–water partition coefficient (Wildman–Crippen LogP) is 4.39. The Kier molecular flexibility index (Phi) is 6.45. The number of amides is 1. The minimum Gasteiger partial charge on any atom is -0.316 e. The maximum atomic E-state index is 12.7. The van der Waals surface area contributed by atoms with Crippen molar-refractivity contribution in [2.24, 2.45) is 4.99 Å². The molecule has 0 N–H and O–H groups in total. The van der Waals surface area contributed by atoms with Crippen molar-refractivity contribution in [1.29, 1.82) is 0 Å². The Morgan fingerprint density at radius 2 is 1.83 bits per heavy atom. The minimum absolute atomic E-state index is 0.207. The summed E-state index contributed by atoms with van der Waals surface area (Å²) in [6, 6.07) is 8.52. The van der Waals surface area contributed by atoms with Crippen LogP contribution in [0, 0.1) is 20.2 Å². The highest BCUT2D eigenvalue weighted by atomic mass is 79.9. The average Bonchev–Trinajstić information content (AvgIpc) is 3.01. The number of rotatable bonds is 6. The van der Waals surface area contributed by atoms with Gasteiger partial charge in [0.05, 0.1) is 31.7 Å². The molecule has 0 aliphatic rings. The van der Waals surface area contributed by atoms with Crippen LogP contribution in [0.5, 0.6) is 0 Å². The lowest BCUT2D eigenvalue weighted by Gasteiger charge is -2.04. The third-order valence-corrected chi connectivity index (χ3v) is 6.06. The van der Waals surface area contributed by atoms with Crippen LogP contribution < -0.4 is 4.80 Å². The topological polar surface area (TPSA) is 121 Å². The molecule has 0 aliphatic heterocycles. The number of nitro groups is 2. The van der Waals surface area contributed by atoms with Gasteiger partial charge in [0.25, 0.3) is 17.3 Å². The number of carbonyl (C=O) groups excluding carboxylic acids is 1. The SMILES string of the molecule is CSCCn1c(=NC(=O)c2cc([N+](=O)[O-])cc([N+](=O)[O-])c2)sc2cc(Br)ccc21. The largest absolute Gasteiger partial charge is 0.316 e. The quantitative estimate of drug-likeness (QED) is 0.368. The number of aryl methyl sites for hydroxylation is 1. The van der Waals surface area contributed by atoms with Gasteiger partial charge in [0.1, 0.15) is 0 Å². The average molecular weight is 497 g/mol. The normalized spacial score (nSPS) is 11.7. The number of non-ortho nitro benzene ring substituents is 2. The zero-order valence-electron chi connectivity index (χ0n) is 14.9. The maximum absolute atomic E-state index is 12.7. The Labute approximate surface area is 180 Å². The number of thioether (sulfide) groups is 1. The van der Waals surface area contributed by atoms with E-state index in [4.69, 9.17) is 0 Å². The molecule has 0 fully saturated rings. The van der Waals surface area contributed by atoms with Crippen molar-refractivity contribution < 1.29 is 14.6 Å².